The van der Waals surface area contributed by atoms with E-state index in [0.717, 1.165) is 16.5 Å². The molecule has 3 heteroatoms. The van der Waals surface area contributed by atoms with Gasteiger partial charge in [-0.2, -0.15) is 0 Å². The first-order valence-corrected chi connectivity index (χ1v) is 5.76. The van der Waals surface area contributed by atoms with E-state index < -0.39 is 0 Å². The van der Waals surface area contributed by atoms with E-state index in [1.54, 1.807) is 6.20 Å². The van der Waals surface area contributed by atoms with Crippen LogP contribution in [0.5, 0.6) is 0 Å². The number of benzene rings is 1. The predicted octanol–water partition coefficient (Wildman–Crippen LogP) is 2.25. The monoisotopic (exact) mass is 230 g/mol. The number of aliphatic hydroxyl groups is 1. The highest BCUT2D eigenvalue weighted by Crippen LogP contribution is 2.33. The van der Waals surface area contributed by atoms with E-state index >= 15 is 0 Å². The summed E-state index contributed by atoms with van der Waals surface area (Å²) in [6.45, 7) is 3.99. The normalized spacial score (nSPS) is 13.9. The molecule has 0 spiro atoms. The van der Waals surface area contributed by atoms with Crippen molar-refractivity contribution in [2.45, 2.75) is 19.9 Å². The van der Waals surface area contributed by atoms with Crippen LogP contribution in [0.3, 0.4) is 0 Å². The van der Waals surface area contributed by atoms with E-state index in [2.05, 4.69) is 4.98 Å². The largest absolute Gasteiger partial charge is 0.396 e. The highest BCUT2D eigenvalue weighted by molar-refractivity contribution is 5.82. The van der Waals surface area contributed by atoms with E-state index in [0.29, 0.717) is 0 Å². The summed E-state index contributed by atoms with van der Waals surface area (Å²) in [5, 5.41) is 10.5. The molecule has 1 heterocycles. The standard InChI is InChI=1S/C14H18N2O/c1-14(2,9-17)13(15)11-7-8-16-12-6-4-3-5-10(11)12/h3-8,13,17H,9,15H2,1-2H3/t13-/m0/s1. The molecule has 0 radical (unpaired) electrons. The van der Waals surface area contributed by atoms with Gasteiger partial charge < -0.3 is 10.8 Å². The summed E-state index contributed by atoms with van der Waals surface area (Å²) in [5.41, 5.74) is 7.89. The zero-order valence-electron chi connectivity index (χ0n) is 10.2. The average molecular weight is 230 g/mol. The lowest BCUT2D eigenvalue weighted by Gasteiger charge is -2.30. The fraction of sp³-hybridized carbons (Fsp3) is 0.357. The molecular formula is C14H18N2O. The fourth-order valence-corrected chi connectivity index (χ4v) is 1.91. The lowest BCUT2D eigenvalue weighted by Crippen LogP contribution is -2.32. The second kappa shape index (κ2) is 4.43. The third kappa shape index (κ3) is 2.16. The summed E-state index contributed by atoms with van der Waals surface area (Å²) >= 11 is 0. The van der Waals surface area contributed by atoms with Crippen LogP contribution in [0.2, 0.25) is 0 Å². The van der Waals surface area contributed by atoms with Gasteiger partial charge in [-0.15, -0.1) is 0 Å². The van der Waals surface area contributed by atoms with Gasteiger partial charge in [-0.1, -0.05) is 32.0 Å². The van der Waals surface area contributed by atoms with Crippen molar-refractivity contribution in [3.63, 3.8) is 0 Å². The van der Waals surface area contributed by atoms with E-state index in [4.69, 9.17) is 5.73 Å². The van der Waals surface area contributed by atoms with Crippen molar-refractivity contribution in [2.75, 3.05) is 6.61 Å². The van der Waals surface area contributed by atoms with E-state index in [1.165, 1.54) is 0 Å². The molecule has 1 atom stereocenters. The SMILES string of the molecule is CC(C)(CO)[C@@H](N)c1ccnc2ccccc12. The van der Waals surface area contributed by atoms with Gasteiger partial charge in [-0.3, -0.25) is 4.98 Å². The molecule has 0 saturated carbocycles. The molecule has 0 unspecified atom stereocenters. The second-order valence-corrected chi connectivity index (χ2v) is 5.04. The Bertz CT molecular complexity index is 517. The molecule has 17 heavy (non-hydrogen) atoms. The predicted molar refractivity (Wildman–Crippen MR) is 69.5 cm³/mol. The lowest BCUT2D eigenvalue weighted by atomic mass is 9.81. The van der Waals surface area contributed by atoms with Gasteiger partial charge in [-0.05, 0) is 17.7 Å². The molecule has 0 aliphatic carbocycles. The van der Waals surface area contributed by atoms with E-state index in [-0.39, 0.29) is 18.1 Å². The first-order chi connectivity index (χ1) is 8.06. The van der Waals surface area contributed by atoms with Crippen molar-refractivity contribution in [3.05, 3.63) is 42.1 Å². The van der Waals surface area contributed by atoms with Crippen molar-refractivity contribution in [3.8, 4) is 0 Å². The Morgan fingerprint density at radius 1 is 1.29 bits per heavy atom. The van der Waals surface area contributed by atoms with E-state index in [9.17, 15) is 5.11 Å². The maximum absolute atomic E-state index is 9.40. The number of fused-ring (bicyclic) bond motifs is 1. The molecule has 90 valence electrons. The number of hydrogen-bond acceptors (Lipinski definition) is 3. The van der Waals surface area contributed by atoms with Crippen LogP contribution in [-0.2, 0) is 0 Å². The van der Waals surface area contributed by atoms with Crippen molar-refractivity contribution in [2.24, 2.45) is 11.1 Å². The van der Waals surface area contributed by atoms with Gasteiger partial charge in [-0.25, -0.2) is 0 Å². The Labute approximate surface area is 101 Å². The Balaban J connectivity index is 2.56. The number of hydrogen-bond donors (Lipinski definition) is 2. The van der Waals surface area contributed by atoms with Gasteiger partial charge in [0.15, 0.2) is 0 Å². The quantitative estimate of drug-likeness (QED) is 0.850. The zero-order chi connectivity index (χ0) is 12.5. The molecule has 0 fully saturated rings. The summed E-state index contributed by atoms with van der Waals surface area (Å²) in [5.74, 6) is 0. The number of nitrogens with two attached hydrogens (primary N) is 1. The Kier molecular flexibility index (Phi) is 3.13. The molecule has 0 amide bonds. The van der Waals surface area contributed by atoms with Crippen LogP contribution in [0.4, 0.5) is 0 Å². The molecule has 3 N–H and O–H groups in total. The molecule has 2 aromatic rings. The zero-order valence-corrected chi connectivity index (χ0v) is 10.2. The number of para-hydroxylation sites is 1. The second-order valence-electron chi connectivity index (χ2n) is 5.04. The minimum atomic E-state index is -0.343. The highest BCUT2D eigenvalue weighted by Gasteiger charge is 2.28. The maximum Gasteiger partial charge on any atom is 0.0705 e. The summed E-state index contributed by atoms with van der Waals surface area (Å²) < 4.78 is 0. The topological polar surface area (TPSA) is 59.1 Å². The van der Waals surface area contributed by atoms with Gasteiger partial charge in [0.05, 0.1) is 5.52 Å². The summed E-state index contributed by atoms with van der Waals surface area (Å²) in [6.07, 6.45) is 1.77. The van der Waals surface area contributed by atoms with Crippen LogP contribution in [0.1, 0.15) is 25.5 Å². The Hall–Kier alpha value is -1.45. The van der Waals surface area contributed by atoms with Gasteiger partial charge in [0.1, 0.15) is 0 Å². The number of aromatic nitrogens is 1. The fourth-order valence-electron chi connectivity index (χ4n) is 1.91. The number of pyridine rings is 1. The number of nitrogens with zero attached hydrogens (tertiary/aromatic N) is 1. The molecule has 0 saturated heterocycles. The first-order valence-electron chi connectivity index (χ1n) is 5.76. The van der Waals surface area contributed by atoms with Crippen LogP contribution in [-0.4, -0.2) is 16.7 Å². The molecule has 3 nitrogen and oxygen atoms in total. The van der Waals surface area contributed by atoms with Gasteiger partial charge >= 0.3 is 0 Å². The Morgan fingerprint density at radius 2 is 2.00 bits per heavy atom. The minimum absolute atomic E-state index is 0.0603. The molecular weight excluding hydrogens is 212 g/mol. The van der Waals surface area contributed by atoms with Crippen molar-refractivity contribution in [1.29, 1.82) is 0 Å². The summed E-state index contributed by atoms with van der Waals surface area (Å²) in [4.78, 5) is 4.31. The molecule has 2 rings (SSSR count). The molecule has 1 aromatic carbocycles. The molecule has 0 aliphatic rings. The van der Waals surface area contributed by atoms with Crippen molar-refractivity contribution < 1.29 is 5.11 Å². The number of aliphatic hydroxyl groups excluding tert-OH is 1. The van der Waals surface area contributed by atoms with Crippen molar-refractivity contribution >= 4 is 10.9 Å². The van der Waals surface area contributed by atoms with Crippen LogP contribution < -0.4 is 5.73 Å². The maximum atomic E-state index is 9.40. The van der Waals surface area contributed by atoms with Crippen LogP contribution in [0, 0.1) is 5.41 Å². The third-order valence-corrected chi connectivity index (χ3v) is 3.27. The number of rotatable bonds is 3. The molecule has 1 aromatic heterocycles. The summed E-state index contributed by atoms with van der Waals surface area (Å²) in [6, 6.07) is 9.65. The van der Waals surface area contributed by atoms with Gasteiger partial charge in [0.25, 0.3) is 0 Å². The van der Waals surface area contributed by atoms with Crippen LogP contribution in [0.15, 0.2) is 36.5 Å². The molecule has 0 aliphatic heterocycles. The van der Waals surface area contributed by atoms with E-state index in [1.807, 2.05) is 44.2 Å². The lowest BCUT2D eigenvalue weighted by molar-refractivity contribution is 0.133. The third-order valence-electron chi connectivity index (χ3n) is 3.27. The minimum Gasteiger partial charge on any atom is -0.396 e. The van der Waals surface area contributed by atoms with Gasteiger partial charge in [0.2, 0.25) is 0 Å². The van der Waals surface area contributed by atoms with Crippen LogP contribution in [0.25, 0.3) is 10.9 Å². The van der Waals surface area contributed by atoms with Crippen molar-refractivity contribution in [1.82, 2.24) is 4.98 Å². The van der Waals surface area contributed by atoms with Crippen LogP contribution >= 0.6 is 0 Å². The average Bonchev–Trinajstić information content (AvgIpc) is 2.37. The van der Waals surface area contributed by atoms with Gasteiger partial charge in [0, 0.05) is 29.6 Å². The first kappa shape index (κ1) is 12.0. The molecule has 0 bridgehead atoms. The highest BCUT2D eigenvalue weighted by atomic mass is 16.3. The Morgan fingerprint density at radius 3 is 2.71 bits per heavy atom. The smallest absolute Gasteiger partial charge is 0.0705 e. The summed E-state index contributed by atoms with van der Waals surface area (Å²) in [7, 11) is 0.